The molecule has 2 unspecified atom stereocenters. The predicted molar refractivity (Wildman–Crippen MR) is 79.0 cm³/mol. The number of nitrogens with one attached hydrogen (secondary N) is 1. The summed E-state index contributed by atoms with van der Waals surface area (Å²) in [7, 11) is 0. The lowest BCUT2D eigenvalue weighted by Crippen LogP contribution is -2.36. The van der Waals surface area contributed by atoms with Gasteiger partial charge in [-0.2, -0.15) is 0 Å². The summed E-state index contributed by atoms with van der Waals surface area (Å²) < 4.78 is 18.7. The van der Waals surface area contributed by atoms with E-state index >= 15 is 0 Å². The van der Waals surface area contributed by atoms with Gasteiger partial charge >= 0.3 is 0 Å². The van der Waals surface area contributed by atoms with Gasteiger partial charge in [-0.15, -0.1) is 0 Å². The molecule has 114 valence electrons. The number of hydrogen-bond acceptors (Lipinski definition) is 3. The molecule has 4 heteroatoms. The summed E-state index contributed by atoms with van der Waals surface area (Å²) in [5.74, 6) is 0.359. The van der Waals surface area contributed by atoms with E-state index in [1.54, 1.807) is 18.2 Å². The minimum atomic E-state index is -0.573. The van der Waals surface area contributed by atoms with Crippen LogP contribution in [0.5, 0.6) is 0 Å². The van der Waals surface area contributed by atoms with Gasteiger partial charge in [0.2, 0.25) is 0 Å². The standard InChI is InChI=1S/C16H26FNO2/c1-12(2)8-13(3)18-9-15(19)11-20-10-14-6-4-5-7-16(14)17/h4-7,12-13,15,18-19H,8-11H2,1-3H3. The van der Waals surface area contributed by atoms with E-state index in [9.17, 15) is 9.50 Å². The van der Waals surface area contributed by atoms with Crippen molar-refractivity contribution in [2.75, 3.05) is 13.2 Å². The van der Waals surface area contributed by atoms with Crippen LogP contribution in [0.1, 0.15) is 32.8 Å². The van der Waals surface area contributed by atoms with E-state index in [4.69, 9.17) is 4.74 Å². The van der Waals surface area contributed by atoms with Crippen molar-refractivity contribution in [2.24, 2.45) is 5.92 Å². The van der Waals surface area contributed by atoms with E-state index in [-0.39, 0.29) is 19.0 Å². The Balaban J connectivity index is 2.17. The smallest absolute Gasteiger partial charge is 0.128 e. The van der Waals surface area contributed by atoms with Crippen LogP contribution in [0, 0.1) is 11.7 Å². The number of aliphatic hydroxyl groups excluding tert-OH is 1. The molecule has 0 aliphatic rings. The summed E-state index contributed by atoms with van der Waals surface area (Å²) in [6, 6.07) is 6.88. The minimum Gasteiger partial charge on any atom is -0.389 e. The molecule has 1 aromatic rings. The summed E-state index contributed by atoms with van der Waals surface area (Å²) in [5, 5.41) is 13.1. The first-order valence-corrected chi connectivity index (χ1v) is 7.21. The largest absolute Gasteiger partial charge is 0.389 e. The van der Waals surface area contributed by atoms with Gasteiger partial charge in [-0.05, 0) is 25.3 Å². The van der Waals surface area contributed by atoms with Crippen LogP contribution < -0.4 is 5.32 Å². The fourth-order valence-corrected chi connectivity index (χ4v) is 2.11. The second-order valence-electron chi connectivity index (χ2n) is 5.70. The number of halogens is 1. The zero-order valence-corrected chi connectivity index (χ0v) is 12.6. The monoisotopic (exact) mass is 283 g/mol. The normalized spacial score (nSPS) is 14.5. The van der Waals surface area contributed by atoms with Crippen molar-refractivity contribution in [3.8, 4) is 0 Å². The van der Waals surface area contributed by atoms with Crippen LogP contribution in [0.4, 0.5) is 4.39 Å². The highest BCUT2D eigenvalue weighted by atomic mass is 19.1. The van der Waals surface area contributed by atoms with E-state index in [0.717, 1.165) is 6.42 Å². The average molecular weight is 283 g/mol. The van der Waals surface area contributed by atoms with Crippen molar-refractivity contribution in [1.82, 2.24) is 5.32 Å². The molecule has 0 aromatic heterocycles. The van der Waals surface area contributed by atoms with Crippen molar-refractivity contribution in [3.05, 3.63) is 35.6 Å². The van der Waals surface area contributed by atoms with Crippen LogP contribution in [0.15, 0.2) is 24.3 Å². The maximum Gasteiger partial charge on any atom is 0.128 e. The molecule has 0 amide bonds. The van der Waals surface area contributed by atoms with Crippen LogP contribution in [-0.2, 0) is 11.3 Å². The van der Waals surface area contributed by atoms with Gasteiger partial charge in [0.25, 0.3) is 0 Å². The van der Waals surface area contributed by atoms with Gasteiger partial charge in [0.1, 0.15) is 5.82 Å². The van der Waals surface area contributed by atoms with Crippen LogP contribution in [0.2, 0.25) is 0 Å². The van der Waals surface area contributed by atoms with E-state index in [1.807, 2.05) is 0 Å². The molecule has 0 fully saturated rings. The third-order valence-electron chi connectivity index (χ3n) is 3.05. The highest BCUT2D eigenvalue weighted by molar-refractivity contribution is 5.16. The molecular formula is C16H26FNO2. The maximum atomic E-state index is 13.3. The Morgan fingerprint density at radius 1 is 1.25 bits per heavy atom. The summed E-state index contributed by atoms with van der Waals surface area (Å²) in [6.45, 7) is 7.33. The highest BCUT2D eigenvalue weighted by Gasteiger charge is 2.09. The lowest BCUT2D eigenvalue weighted by molar-refractivity contribution is 0.0266. The zero-order chi connectivity index (χ0) is 15.0. The Hall–Kier alpha value is -0.970. The Morgan fingerprint density at radius 3 is 2.60 bits per heavy atom. The van der Waals surface area contributed by atoms with Crippen molar-refractivity contribution in [2.45, 2.75) is 45.9 Å². The molecule has 3 nitrogen and oxygen atoms in total. The molecule has 0 aliphatic carbocycles. The second kappa shape index (κ2) is 9.06. The van der Waals surface area contributed by atoms with Gasteiger partial charge in [0.15, 0.2) is 0 Å². The maximum absolute atomic E-state index is 13.3. The van der Waals surface area contributed by atoms with Gasteiger partial charge < -0.3 is 15.2 Å². The van der Waals surface area contributed by atoms with Gasteiger partial charge in [-0.3, -0.25) is 0 Å². The quantitative estimate of drug-likeness (QED) is 0.732. The molecule has 0 saturated heterocycles. The highest BCUT2D eigenvalue weighted by Crippen LogP contribution is 2.08. The Kier molecular flexibility index (Phi) is 7.73. The number of ether oxygens (including phenoxy) is 1. The minimum absolute atomic E-state index is 0.186. The van der Waals surface area contributed by atoms with Gasteiger partial charge in [-0.25, -0.2) is 4.39 Å². The van der Waals surface area contributed by atoms with Gasteiger partial charge in [0, 0.05) is 18.2 Å². The molecule has 2 N–H and O–H groups in total. The van der Waals surface area contributed by atoms with Crippen molar-refractivity contribution in [1.29, 1.82) is 0 Å². The van der Waals surface area contributed by atoms with Gasteiger partial charge in [-0.1, -0.05) is 32.0 Å². The first kappa shape index (κ1) is 17.1. The van der Waals surface area contributed by atoms with Gasteiger partial charge in [0.05, 0.1) is 19.3 Å². The van der Waals surface area contributed by atoms with E-state index in [2.05, 4.69) is 26.1 Å². The summed E-state index contributed by atoms with van der Waals surface area (Å²) >= 11 is 0. The molecular weight excluding hydrogens is 257 g/mol. The SMILES string of the molecule is CC(C)CC(C)NCC(O)COCc1ccccc1F. The molecule has 0 aliphatic heterocycles. The van der Waals surface area contributed by atoms with Crippen molar-refractivity contribution < 1.29 is 14.2 Å². The zero-order valence-electron chi connectivity index (χ0n) is 12.6. The van der Waals surface area contributed by atoms with Crippen LogP contribution in [0.25, 0.3) is 0 Å². The van der Waals surface area contributed by atoms with Crippen LogP contribution >= 0.6 is 0 Å². The summed E-state index contributed by atoms with van der Waals surface area (Å²) in [6.07, 6.45) is 0.499. The molecule has 2 atom stereocenters. The predicted octanol–water partition coefficient (Wildman–Crippen LogP) is 2.73. The van der Waals surface area contributed by atoms with Crippen molar-refractivity contribution in [3.63, 3.8) is 0 Å². The summed E-state index contributed by atoms with van der Waals surface area (Å²) in [5.41, 5.74) is 0.515. The van der Waals surface area contributed by atoms with E-state index in [0.29, 0.717) is 24.1 Å². The topological polar surface area (TPSA) is 41.5 Å². The Labute approximate surface area is 121 Å². The first-order chi connectivity index (χ1) is 9.49. The summed E-state index contributed by atoms with van der Waals surface area (Å²) in [4.78, 5) is 0. The molecule has 0 radical (unpaired) electrons. The first-order valence-electron chi connectivity index (χ1n) is 7.21. The second-order valence-corrected chi connectivity index (χ2v) is 5.70. The molecule has 1 rings (SSSR count). The third-order valence-corrected chi connectivity index (χ3v) is 3.05. The Morgan fingerprint density at radius 2 is 1.95 bits per heavy atom. The third kappa shape index (κ3) is 6.98. The average Bonchev–Trinajstić information content (AvgIpc) is 2.38. The molecule has 0 saturated carbocycles. The fraction of sp³-hybridized carbons (Fsp3) is 0.625. The lowest BCUT2D eigenvalue weighted by atomic mass is 10.1. The molecule has 0 heterocycles. The number of benzene rings is 1. The lowest BCUT2D eigenvalue weighted by Gasteiger charge is -2.18. The van der Waals surface area contributed by atoms with E-state index in [1.165, 1.54) is 6.07 Å². The number of aliphatic hydroxyl groups is 1. The molecule has 20 heavy (non-hydrogen) atoms. The number of hydrogen-bond donors (Lipinski definition) is 2. The molecule has 0 bridgehead atoms. The van der Waals surface area contributed by atoms with Crippen LogP contribution in [0.3, 0.4) is 0 Å². The fourth-order valence-electron chi connectivity index (χ4n) is 2.11. The van der Waals surface area contributed by atoms with Crippen molar-refractivity contribution >= 4 is 0 Å². The molecule has 0 spiro atoms. The van der Waals surface area contributed by atoms with Crippen LogP contribution in [-0.4, -0.2) is 30.4 Å². The van der Waals surface area contributed by atoms with E-state index < -0.39 is 6.10 Å². The Bertz CT molecular complexity index is 384. The molecule has 1 aromatic carbocycles. The number of rotatable bonds is 9.